The third-order valence-electron chi connectivity index (χ3n) is 4.83. The number of methoxy groups -OCH3 is 2. The van der Waals surface area contributed by atoms with Crippen LogP contribution in [0.4, 0.5) is 5.69 Å². The zero-order valence-electron chi connectivity index (χ0n) is 15.9. The van der Waals surface area contributed by atoms with Gasteiger partial charge in [0, 0.05) is 18.8 Å². The Bertz CT molecular complexity index is 817. The molecule has 0 radical (unpaired) electrons. The molecule has 1 N–H and O–H groups in total. The van der Waals surface area contributed by atoms with Crippen molar-refractivity contribution in [1.82, 2.24) is 4.90 Å². The first-order valence-electron chi connectivity index (χ1n) is 8.83. The average Bonchev–Trinajstić information content (AvgIpc) is 2.63. The molecule has 1 heterocycles. The number of rotatable bonds is 5. The van der Waals surface area contributed by atoms with Crippen molar-refractivity contribution >= 4 is 11.6 Å². The second-order valence-corrected chi connectivity index (χ2v) is 6.80. The first kappa shape index (κ1) is 18.3. The van der Waals surface area contributed by atoms with Crippen LogP contribution >= 0.6 is 0 Å². The van der Waals surface area contributed by atoms with Crippen molar-refractivity contribution in [3.63, 3.8) is 0 Å². The van der Waals surface area contributed by atoms with Crippen LogP contribution in [0.2, 0.25) is 0 Å². The molecule has 5 nitrogen and oxygen atoms in total. The fourth-order valence-corrected chi connectivity index (χ4v) is 3.34. The van der Waals surface area contributed by atoms with Gasteiger partial charge in [-0.1, -0.05) is 12.1 Å². The third kappa shape index (κ3) is 3.99. The molecule has 0 spiro atoms. The number of anilines is 1. The molecule has 2 aromatic rings. The van der Waals surface area contributed by atoms with Gasteiger partial charge in [0.05, 0.1) is 20.8 Å². The van der Waals surface area contributed by atoms with Gasteiger partial charge in [0.2, 0.25) is 5.91 Å². The molecule has 0 atom stereocenters. The Balaban J connectivity index is 1.67. The van der Waals surface area contributed by atoms with Crippen LogP contribution in [0.15, 0.2) is 30.3 Å². The molecule has 0 saturated carbocycles. The number of carbonyl (C=O) groups is 1. The van der Waals surface area contributed by atoms with Crippen LogP contribution in [-0.4, -0.2) is 38.1 Å². The van der Waals surface area contributed by atoms with Crippen LogP contribution in [0.25, 0.3) is 0 Å². The minimum Gasteiger partial charge on any atom is -0.493 e. The summed E-state index contributed by atoms with van der Waals surface area (Å²) in [6.45, 7) is 5.99. The fourth-order valence-electron chi connectivity index (χ4n) is 3.34. The maximum atomic E-state index is 12.5. The molecule has 5 heteroatoms. The third-order valence-corrected chi connectivity index (χ3v) is 4.83. The van der Waals surface area contributed by atoms with E-state index in [1.165, 1.54) is 11.1 Å². The molecule has 0 unspecified atom stereocenters. The van der Waals surface area contributed by atoms with Gasteiger partial charge in [-0.05, 0) is 60.7 Å². The van der Waals surface area contributed by atoms with Crippen molar-refractivity contribution in [2.24, 2.45) is 0 Å². The zero-order valence-corrected chi connectivity index (χ0v) is 15.9. The van der Waals surface area contributed by atoms with E-state index in [0.29, 0.717) is 6.54 Å². The molecule has 3 rings (SSSR count). The monoisotopic (exact) mass is 354 g/mol. The highest BCUT2D eigenvalue weighted by atomic mass is 16.5. The van der Waals surface area contributed by atoms with E-state index in [1.807, 2.05) is 44.2 Å². The second kappa shape index (κ2) is 7.79. The SMILES string of the molecule is COc1cc2c(cc1OC)CN(CC(=O)Nc1cc(C)ccc1C)CC2. The predicted octanol–water partition coefficient (Wildman–Crippen LogP) is 3.32. The maximum absolute atomic E-state index is 12.5. The largest absolute Gasteiger partial charge is 0.493 e. The van der Waals surface area contributed by atoms with Crippen molar-refractivity contribution in [2.75, 3.05) is 32.6 Å². The number of ether oxygens (including phenoxy) is 2. The van der Waals surface area contributed by atoms with Crippen molar-refractivity contribution in [2.45, 2.75) is 26.8 Å². The fraction of sp³-hybridized carbons (Fsp3) is 0.381. The van der Waals surface area contributed by atoms with Gasteiger partial charge in [-0.3, -0.25) is 9.69 Å². The number of carbonyl (C=O) groups excluding carboxylic acids is 1. The van der Waals surface area contributed by atoms with Crippen LogP contribution in [0.1, 0.15) is 22.3 Å². The summed E-state index contributed by atoms with van der Waals surface area (Å²) in [6.07, 6.45) is 0.895. The van der Waals surface area contributed by atoms with Crippen molar-refractivity contribution in [3.05, 3.63) is 52.6 Å². The number of aryl methyl sites for hydroxylation is 2. The van der Waals surface area contributed by atoms with Crippen molar-refractivity contribution in [1.29, 1.82) is 0 Å². The highest BCUT2D eigenvalue weighted by molar-refractivity contribution is 5.93. The Kier molecular flexibility index (Phi) is 5.47. The van der Waals surface area contributed by atoms with E-state index in [2.05, 4.69) is 10.2 Å². The van der Waals surface area contributed by atoms with Gasteiger partial charge >= 0.3 is 0 Å². The molecule has 0 aromatic heterocycles. The predicted molar refractivity (Wildman–Crippen MR) is 103 cm³/mol. The van der Waals surface area contributed by atoms with Crippen LogP contribution in [-0.2, 0) is 17.8 Å². The van der Waals surface area contributed by atoms with Crippen molar-refractivity contribution < 1.29 is 14.3 Å². The maximum Gasteiger partial charge on any atom is 0.238 e. The molecule has 0 aliphatic carbocycles. The summed E-state index contributed by atoms with van der Waals surface area (Å²) in [5, 5.41) is 3.04. The normalized spacial score (nSPS) is 13.8. The van der Waals surface area contributed by atoms with E-state index < -0.39 is 0 Å². The Morgan fingerprint density at radius 1 is 1.08 bits per heavy atom. The quantitative estimate of drug-likeness (QED) is 0.895. The first-order chi connectivity index (χ1) is 12.5. The van der Waals surface area contributed by atoms with E-state index in [0.717, 1.165) is 47.8 Å². The van der Waals surface area contributed by atoms with Crippen LogP contribution in [0.3, 0.4) is 0 Å². The molecular weight excluding hydrogens is 328 g/mol. The highest BCUT2D eigenvalue weighted by Gasteiger charge is 2.21. The lowest BCUT2D eigenvalue weighted by Gasteiger charge is -2.29. The van der Waals surface area contributed by atoms with Crippen LogP contribution in [0.5, 0.6) is 11.5 Å². The molecule has 0 saturated heterocycles. The summed E-state index contributed by atoms with van der Waals surface area (Å²) in [6, 6.07) is 10.1. The lowest BCUT2D eigenvalue weighted by Crippen LogP contribution is -2.37. The molecule has 1 aliphatic heterocycles. The van der Waals surface area contributed by atoms with Crippen LogP contribution < -0.4 is 14.8 Å². The lowest BCUT2D eigenvalue weighted by atomic mass is 9.99. The van der Waals surface area contributed by atoms with E-state index in [4.69, 9.17) is 9.47 Å². The number of amides is 1. The molecule has 0 fully saturated rings. The van der Waals surface area contributed by atoms with E-state index in [9.17, 15) is 4.79 Å². The Morgan fingerprint density at radius 3 is 2.46 bits per heavy atom. The molecule has 0 bridgehead atoms. The Morgan fingerprint density at radius 2 is 1.77 bits per heavy atom. The van der Waals surface area contributed by atoms with Gasteiger partial charge in [-0.15, -0.1) is 0 Å². The number of nitrogens with one attached hydrogen (secondary N) is 1. The molecule has 26 heavy (non-hydrogen) atoms. The number of hydrogen-bond acceptors (Lipinski definition) is 4. The van der Waals surface area contributed by atoms with Gasteiger partial charge in [-0.2, -0.15) is 0 Å². The van der Waals surface area contributed by atoms with Gasteiger partial charge in [0.1, 0.15) is 0 Å². The summed E-state index contributed by atoms with van der Waals surface area (Å²) in [5.41, 5.74) is 5.55. The summed E-state index contributed by atoms with van der Waals surface area (Å²) < 4.78 is 10.8. The van der Waals surface area contributed by atoms with E-state index in [-0.39, 0.29) is 5.91 Å². The van der Waals surface area contributed by atoms with Gasteiger partial charge in [0.15, 0.2) is 11.5 Å². The summed E-state index contributed by atoms with van der Waals surface area (Å²) in [4.78, 5) is 14.6. The number of benzene rings is 2. The summed E-state index contributed by atoms with van der Waals surface area (Å²) in [7, 11) is 3.29. The van der Waals surface area contributed by atoms with Crippen molar-refractivity contribution in [3.8, 4) is 11.5 Å². The minimum absolute atomic E-state index is 0.0163. The Hall–Kier alpha value is -2.53. The lowest BCUT2D eigenvalue weighted by molar-refractivity contribution is -0.117. The number of nitrogens with zero attached hydrogens (tertiary/aromatic N) is 1. The number of hydrogen-bond donors (Lipinski definition) is 1. The van der Waals surface area contributed by atoms with Gasteiger partial charge < -0.3 is 14.8 Å². The first-order valence-corrected chi connectivity index (χ1v) is 8.83. The summed E-state index contributed by atoms with van der Waals surface area (Å²) in [5.74, 6) is 1.50. The topological polar surface area (TPSA) is 50.8 Å². The van der Waals surface area contributed by atoms with Gasteiger partial charge in [0.25, 0.3) is 0 Å². The molecular formula is C21H26N2O3. The van der Waals surface area contributed by atoms with Crippen LogP contribution in [0, 0.1) is 13.8 Å². The standard InChI is InChI=1S/C21H26N2O3/c1-14-5-6-15(2)18(9-14)22-21(24)13-23-8-7-16-10-19(25-3)20(26-4)11-17(16)12-23/h5-6,9-11H,7-8,12-13H2,1-4H3,(H,22,24). The highest BCUT2D eigenvalue weighted by Crippen LogP contribution is 2.33. The molecule has 1 aliphatic rings. The van der Waals surface area contributed by atoms with E-state index >= 15 is 0 Å². The minimum atomic E-state index is 0.0163. The Labute approximate surface area is 154 Å². The molecule has 1 amide bonds. The van der Waals surface area contributed by atoms with E-state index in [1.54, 1.807) is 14.2 Å². The molecule has 2 aromatic carbocycles. The smallest absolute Gasteiger partial charge is 0.238 e. The van der Waals surface area contributed by atoms with Gasteiger partial charge in [-0.25, -0.2) is 0 Å². The number of fused-ring (bicyclic) bond motifs is 1. The molecule has 138 valence electrons. The summed E-state index contributed by atoms with van der Waals surface area (Å²) >= 11 is 0. The second-order valence-electron chi connectivity index (χ2n) is 6.80. The zero-order chi connectivity index (χ0) is 18.7. The average molecular weight is 354 g/mol.